The van der Waals surface area contributed by atoms with Gasteiger partial charge in [0.25, 0.3) is 5.91 Å². The summed E-state index contributed by atoms with van der Waals surface area (Å²) >= 11 is 7.87. The Morgan fingerprint density at radius 3 is 2.30 bits per heavy atom. The number of Topliss-reactive ketones (excluding diaryl/α,β-unsaturated/α-hetero) is 1. The third kappa shape index (κ3) is 10.7. The van der Waals surface area contributed by atoms with Crippen LogP contribution in [0.25, 0.3) is 10.4 Å². The molecule has 4 aliphatic rings. The number of ketones is 1. The minimum atomic E-state index is -0.850. The number of thiazole rings is 1. The fourth-order valence-corrected chi connectivity index (χ4v) is 13.4. The van der Waals surface area contributed by atoms with Crippen molar-refractivity contribution in [3.63, 3.8) is 0 Å². The van der Waals surface area contributed by atoms with E-state index in [1.165, 1.54) is 10.5 Å². The van der Waals surface area contributed by atoms with Crippen LogP contribution in [-0.4, -0.2) is 112 Å². The van der Waals surface area contributed by atoms with Crippen molar-refractivity contribution in [3.8, 4) is 22.3 Å². The molecule has 4 aromatic carbocycles. The average molecular weight is 1040 g/mol. The molecule has 0 spiro atoms. The number of rotatable bonds is 17. The van der Waals surface area contributed by atoms with Gasteiger partial charge < -0.3 is 29.9 Å². The Labute approximate surface area is 444 Å². The van der Waals surface area contributed by atoms with E-state index in [1.807, 2.05) is 74.8 Å². The highest BCUT2D eigenvalue weighted by molar-refractivity contribution is 7.13. The first-order chi connectivity index (χ1) is 35.3. The van der Waals surface area contributed by atoms with E-state index < -0.39 is 18.2 Å². The summed E-state index contributed by atoms with van der Waals surface area (Å²) in [5, 5.41) is 23.4. The van der Waals surface area contributed by atoms with Gasteiger partial charge >= 0.3 is 0 Å². The van der Waals surface area contributed by atoms with E-state index in [-0.39, 0.29) is 71.8 Å². The number of hydrogen-bond acceptors (Lipinski definition) is 11. The van der Waals surface area contributed by atoms with Crippen LogP contribution in [-0.2, 0) is 29.1 Å². The first-order valence-corrected chi connectivity index (χ1v) is 27.2. The molecule has 388 valence electrons. The lowest BCUT2D eigenvalue weighted by Crippen LogP contribution is -2.66. The molecule has 0 radical (unpaired) electrons. The van der Waals surface area contributed by atoms with Gasteiger partial charge in [0.05, 0.1) is 32.8 Å². The van der Waals surface area contributed by atoms with Gasteiger partial charge in [-0.05, 0) is 84.7 Å². The van der Waals surface area contributed by atoms with E-state index in [2.05, 4.69) is 72.1 Å². The second-order valence-electron chi connectivity index (χ2n) is 22.2. The summed E-state index contributed by atoms with van der Waals surface area (Å²) in [6.45, 7) is 19.5. The number of carbonyl (C=O) groups excluding carboxylic acids is 4. The fourth-order valence-electron chi connectivity index (χ4n) is 12.4. The minimum absolute atomic E-state index is 0.0295. The maximum absolute atomic E-state index is 14.5. The number of fused-ring (bicyclic) bond motifs is 1. The van der Waals surface area contributed by atoms with Crippen molar-refractivity contribution in [2.75, 3.05) is 44.2 Å². The normalized spacial score (nSPS) is 21.5. The number of aliphatic hydroxyl groups is 1. The number of aryl methyl sites for hydroxylation is 2. The first-order valence-electron chi connectivity index (χ1n) is 26.0. The van der Waals surface area contributed by atoms with Gasteiger partial charge in [0.1, 0.15) is 30.0 Å². The minimum Gasteiger partial charge on any atom is -0.489 e. The van der Waals surface area contributed by atoms with E-state index in [0.29, 0.717) is 34.9 Å². The highest BCUT2D eigenvalue weighted by Gasteiger charge is 2.63. The van der Waals surface area contributed by atoms with Crippen LogP contribution in [0, 0.1) is 40.9 Å². The van der Waals surface area contributed by atoms with Crippen molar-refractivity contribution < 1.29 is 29.0 Å². The van der Waals surface area contributed by atoms with Gasteiger partial charge in [-0.25, -0.2) is 4.98 Å². The van der Waals surface area contributed by atoms with Crippen LogP contribution in [0.1, 0.15) is 109 Å². The van der Waals surface area contributed by atoms with Gasteiger partial charge in [-0.1, -0.05) is 108 Å². The zero-order valence-corrected chi connectivity index (χ0v) is 45.1. The number of nitrogens with zero attached hydrogens (tertiary/aromatic N) is 6. The van der Waals surface area contributed by atoms with E-state index in [1.54, 1.807) is 34.4 Å². The molecule has 1 aliphatic carbocycles. The monoisotopic (exact) mass is 1040 g/mol. The highest BCUT2D eigenvalue weighted by Crippen LogP contribution is 2.62. The summed E-state index contributed by atoms with van der Waals surface area (Å²) in [5.74, 6) is -0.209. The standard InChI is InChI=1S/C59H68ClN7O6S/c1-36(2)52(56(72)66-34-45(68)28-49(66)54(70)62-32-39-12-16-41(17-13-39)53-37(3)63-35-74-53)67-33-43-18-20-44(27-47(43)55(67)71)65-25-23-64(24-26-65)22-8-9-38-10-14-40(15-11-38)50(69)30-51-58(4,5)57(59(51,6)7)73-46-21-19-42(31-61)48(60)29-46/h10-21,27,29,35-36,45,49,51-52,57,68H,8-9,22-26,28,30,32-34H2,1-7H3,(H,62,70)/t45-,49+,51?,52-,57?/m1/s1. The second kappa shape index (κ2) is 21.6. The molecule has 2 saturated heterocycles. The first kappa shape index (κ1) is 52.7. The summed E-state index contributed by atoms with van der Waals surface area (Å²) in [4.78, 5) is 69.4. The predicted molar refractivity (Wildman–Crippen MR) is 289 cm³/mol. The molecular weight excluding hydrogens is 970 g/mol. The van der Waals surface area contributed by atoms with Crippen molar-refractivity contribution in [2.24, 2.45) is 22.7 Å². The van der Waals surface area contributed by atoms with Crippen LogP contribution in [0.2, 0.25) is 5.02 Å². The zero-order valence-electron chi connectivity index (χ0n) is 43.6. The number of benzene rings is 4. The lowest BCUT2D eigenvalue weighted by molar-refractivity contribution is -0.196. The average Bonchev–Trinajstić information content (AvgIpc) is 4.12. The fraction of sp³-hybridized carbons (Fsp3) is 0.458. The molecule has 0 unspecified atom stereocenters. The van der Waals surface area contributed by atoms with Crippen LogP contribution < -0.4 is 15.0 Å². The van der Waals surface area contributed by atoms with Gasteiger partial charge in [0.2, 0.25) is 11.8 Å². The number of β-amino-alcohol motifs (C(OH)–C–C–N with tert-alkyl or cyclic N) is 1. The molecule has 13 nitrogen and oxygen atoms in total. The molecule has 3 fully saturated rings. The third-order valence-corrected chi connectivity index (χ3v) is 17.5. The molecule has 3 amide bonds. The van der Waals surface area contributed by atoms with Crippen molar-refractivity contribution in [1.29, 1.82) is 5.26 Å². The summed E-state index contributed by atoms with van der Waals surface area (Å²) in [6.07, 6.45) is 1.50. The molecule has 0 bridgehead atoms. The Hall–Kier alpha value is -6.11. The number of nitrogens with one attached hydrogen (secondary N) is 1. The van der Waals surface area contributed by atoms with Crippen molar-refractivity contribution in [3.05, 3.63) is 135 Å². The van der Waals surface area contributed by atoms with E-state index in [4.69, 9.17) is 16.3 Å². The SMILES string of the molecule is Cc1ncsc1-c1ccc(CNC(=O)[C@@H]2C[C@@H](O)CN2C(=O)[C@@H](C(C)C)N2Cc3ccc(N4CCN(CCCc5ccc(C(=O)CC6C(C)(C)C(Oc7ccc(C#N)c(Cl)c7)C6(C)C)cc5)CC4)cc3C2=O)cc1. The molecule has 1 saturated carbocycles. The molecule has 1 aromatic heterocycles. The highest BCUT2D eigenvalue weighted by atomic mass is 35.5. The Balaban J connectivity index is 0.731. The summed E-state index contributed by atoms with van der Waals surface area (Å²) < 4.78 is 6.44. The molecule has 9 rings (SSSR count). The number of amides is 3. The van der Waals surface area contributed by atoms with Crippen LogP contribution in [0.3, 0.4) is 0 Å². The number of hydrogen-bond donors (Lipinski definition) is 2. The maximum Gasteiger partial charge on any atom is 0.255 e. The number of carbonyl (C=O) groups is 4. The van der Waals surface area contributed by atoms with Gasteiger partial charge in [-0.2, -0.15) is 5.26 Å². The summed E-state index contributed by atoms with van der Waals surface area (Å²) in [7, 11) is 0. The largest absolute Gasteiger partial charge is 0.489 e. The topological polar surface area (TPSA) is 159 Å². The zero-order chi connectivity index (χ0) is 52.6. The van der Waals surface area contributed by atoms with Crippen molar-refractivity contribution in [2.45, 2.75) is 112 Å². The molecule has 3 aliphatic heterocycles. The molecule has 74 heavy (non-hydrogen) atoms. The van der Waals surface area contributed by atoms with Crippen LogP contribution in [0.5, 0.6) is 5.75 Å². The van der Waals surface area contributed by atoms with Crippen molar-refractivity contribution >= 4 is 52.1 Å². The number of aromatic nitrogens is 1. The van der Waals surface area contributed by atoms with Gasteiger partial charge in [0, 0.05) is 92.4 Å². The third-order valence-electron chi connectivity index (χ3n) is 16.2. The number of likely N-dealkylation sites (tertiary alicyclic amines) is 1. The number of piperazine rings is 1. The van der Waals surface area contributed by atoms with Crippen LogP contribution >= 0.6 is 22.9 Å². The van der Waals surface area contributed by atoms with Crippen molar-refractivity contribution in [1.82, 2.24) is 25.0 Å². The summed E-state index contributed by atoms with van der Waals surface area (Å²) in [6, 6.07) is 27.7. The van der Waals surface area contributed by atoms with Gasteiger partial charge in [0.15, 0.2) is 5.78 Å². The number of nitriles is 1. The lowest BCUT2D eigenvalue weighted by atomic mass is 9.44. The Kier molecular flexibility index (Phi) is 15.4. The number of ether oxygens (including phenoxy) is 1. The van der Waals surface area contributed by atoms with Crippen LogP contribution in [0.15, 0.2) is 90.4 Å². The second-order valence-corrected chi connectivity index (χ2v) is 23.5. The Morgan fingerprint density at radius 1 is 0.946 bits per heavy atom. The molecule has 2 N–H and O–H groups in total. The Morgan fingerprint density at radius 2 is 1.65 bits per heavy atom. The molecule has 4 heterocycles. The molecular formula is C59H68ClN7O6S. The van der Waals surface area contributed by atoms with Gasteiger partial charge in [-0.15, -0.1) is 11.3 Å². The molecule has 3 atom stereocenters. The lowest BCUT2D eigenvalue weighted by Gasteiger charge is -2.63. The quantitative estimate of drug-likeness (QED) is 0.0860. The van der Waals surface area contributed by atoms with E-state index in [9.17, 15) is 29.5 Å². The van der Waals surface area contributed by atoms with E-state index in [0.717, 1.165) is 84.1 Å². The smallest absolute Gasteiger partial charge is 0.255 e. The van der Waals surface area contributed by atoms with Crippen LogP contribution in [0.4, 0.5) is 5.69 Å². The Bertz CT molecular complexity index is 2920. The molecule has 5 aromatic rings. The number of halogens is 1. The number of anilines is 1. The molecule has 15 heteroatoms. The van der Waals surface area contributed by atoms with Gasteiger partial charge in [-0.3, -0.25) is 24.1 Å². The maximum atomic E-state index is 14.5. The van der Waals surface area contributed by atoms with E-state index >= 15 is 0 Å². The number of aliphatic hydroxyl groups excluding tert-OH is 1. The summed E-state index contributed by atoms with van der Waals surface area (Å²) in [5.41, 5.74) is 9.08. The predicted octanol–water partition coefficient (Wildman–Crippen LogP) is 9.36.